The Morgan fingerprint density at radius 2 is 2.31 bits per heavy atom. The van der Waals surface area contributed by atoms with Crippen molar-refractivity contribution in [2.45, 2.75) is 32.3 Å². The molecule has 4 heteroatoms. The van der Waals surface area contributed by atoms with E-state index in [0.717, 1.165) is 12.8 Å². The second kappa shape index (κ2) is 8.01. The van der Waals surface area contributed by atoms with E-state index in [1.807, 2.05) is 0 Å². The maximum absolute atomic E-state index is 11.0. The second-order valence-corrected chi connectivity index (χ2v) is 3.08. The summed E-state index contributed by atoms with van der Waals surface area (Å²) in [7, 11) is 1.57. The maximum atomic E-state index is 11.0. The quantitative estimate of drug-likeness (QED) is 0.566. The predicted octanol–water partition coefficient (Wildman–Crippen LogP) is 0.300. The Morgan fingerprint density at radius 3 is 2.85 bits per heavy atom. The topological polar surface area (TPSA) is 58.6 Å². The zero-order chi connectivity index (χ0) is 10.1. The highest BCUT2D eigenvalue weighted by atomic mass is 16.5. The zero-order valence-corrected chi connectivity index (χ0v) is 8.38. The molecule has 0 aliphatic heterocycles. The molecule has 0 spiro atoms. The number of carbonyl (C=O) groups is 1. The molecular formula is C9H19NO3. The third-order valence-electron chi connectivity index (χ3n) is 1.65. The Kier molecular flexibility index (Phi) is 7.63. The van der Waals surface area contributed by atoms with Crippen LogP contribution in [0, 0.1) is 0 Å². The average Bonchev–Trinajstić information content (AvgIpc) is 2.08. The fraction of sp³-hybridized carbons (Fsp3) is 0.889. The number of ether oxygens (including phenoxy) is 1. The van der Waals surface area contributed by atoms with Crippen molar-refractivity contribution in [2.24, 2.45) is 0 Å². The molecule has 0 rings (SSSR count). The molecule has 0 heterocycles. The molecule has 0 saturated heterocycles. The summed E-state index contributed by atoms with van der Waals surface area (Å²) in [5.41, 5.74) is 0. The van der Waals surface area contributed by atoms with Crippen molar-refractivity contribution < 1.29 is 14.6 Å². The van der Waals surface area contributed by atoms with Crippen LogP contribution in [0.4, 0.5) is 0 Å². The van der Waals surface area contributed by atoms with E-state index in [4.69, 9.17) is 9.84 Å². The van der Waals surface area contributed by atoms with Crippen molar-refractivity contribution in [3.05, 3.63) is 0 Å². The summed E-state index contributed by atoms with van der Waals surface area (Å²) >= 11 is 0. The van der Waals surface area contributed by atoms with E-state index >= 15 is 0 Å². The van der Waals surface area contributed by atoms with E-state index in [1.165, 1.54) is 0 Å². The van der Waals surface area contributed by atoms with Gasteiger partial charge in [-0.2, -0.15) is 0 Å². The summed E-state index contributed by atoms with van der Waals surface area (Å²) in [5, 5.41) is 11.7. The van der Waals surface area contributed by atoms with Crippen LogP contribution in [0.1, 0.15) is 26.2 Å². The van der Waals surface area contributed by atoms with Gasteiger partial charge >= 0.3 is 0 Å². The van der Waals surface area contributed by atoms with Crippen molar-refractivity contribution >= 4 is 5.91 Å². The molecular weight excluding hydrogens is 170 g/mol. The van der Waals surface area contributed by atoms with Crippen molar-refractivity contribution in [2.75, 3.05) is 20.3 Å². The lowest BCUT2D eigenvalue weighted by Gasteiger charge is -2.05. The number of carbonyl (C=O) groups excluding carboxylic acids is 1. The molecule has 0 radical (unpaired) electrons. The van der Waals surface area contributed by atoms with Crippen LogP contribution in [0.15, 0.2) is 0 Å². The highest BCUT2D eigenvalue weighted by Gasteiger charge is 2.00. The summed E-state index contributed by atoms with van der Waals surface area (Å²) in [5.74, 6) is 0.00689. The first-order valence-corrected chi connectivity index (χ1v) is 4.60. The van der Waals surface area contributed by atoms with Gasteiger partial charge in [-0.05, 0) is 19.8 Å². The number of methoxy groups -OCH3 is 1. The highest BCUT2D eigenvalue weighted by Crippen LogP contribution is 1.93. The van der Waals surface area contributed by atoms with Crippen LogP contribution in [0.2, 0.25) is 0 Å². The molecule has 0 aliphatic rings. The van der Waals surface area contributed by atoms with Gasteiger partial charge in [0.15, 0.2) is 0 Å². The van der Waals surface area contributed by atoms with Crippen molar-refractivity contribution in [1.82, 2.24) is 5.32 Å². The SMILES string of the molecule is COCCC(=O)NCCCC(C)O. The number of aliphatic hydroxyl groups excluding tert-OH is 1. The maximum Gasteiger partial charge on any atom is 0.222 e. The van der Waals surface area contributed by atoms with E-state index in [-0.39, 0.29) is 12.0 Å². The molecule has 0 bridgehead atoms. The molecule has 0 aromatic carbocycles. The molecule has 0 aromatic heterocycles. The van der Waals surface area contributed by atoms with Crippen LogP contribution in [0.5, 0.6) is 0 Å². The lowest BCUT2D eigenvalue weighted by atomic mass is 10.2. The van der Waals surface area contributed by atoms with Crippen LogP contribution in [-0.2, 0) is 9.53 Å². The number of nitrogens with one attached hydrogen (secondary N) is 1. The highest BCUT2D eigenvalue weighted by molar-refractivity contribution is 5.75. The van der Waals surface area contributed by atoms with Crippen LogP contribution >= 0.6 is 0 Å². The van der Waals surface area contributed by atoms with Crippen LogP contribution in [0.3, 0.4) is 0 Å². The van der Waals surface area contributed by atoms with Crippen molar-refractivity contribution in [3.63, 3.8) is 0 Å². The number of amides is 1. The fourth-order valence-electron chi connectivity index (χ4n) is 0.908. The van der Waals surface area contributed by atoms with Crippen molar-refractivity contribution in [1.29, 1.82) is 0 Å². The third-order valence-corrected chi connectivity index (χ3v) is 1.65. The summed E-state index contributed by atoms with van der Waals surface area (Å²) in [4.78, 5) is 11.0. The number of aliphatic hydroxyl groups is 1. The minimum absolute atomic E-state index is 0.00689. The minimum atomic E-state index is -0.282. The normalized spacial score (nSPS) is 12.5. The molecule has 0 aliphatic carbocycles. The Morgan fingerprint density at radius 1 is 1.62 bits per heavy atom. The molecule has 0 fully saturated rings. The fourth-order valence-corrected chi connectivity index (χ4v) is 0.908. The Hall–Kier alpha value is -0.610. The first kappa shape index (κ1) is 12.4. The molecule has 4 nitrogen and oxygen atoms in total. The second-order valence-electron chi connectivity index (χ2n) is 3.08. The Bertz CT molecular complexity index is 137. The Balaban J connectivity index is 3.17. The lowest BCUT2D eigenvalue weighted by molar-refractivity contribution is -0.121. The van der Waals surface area contributed by atoms with Gasteiger partial charge in [0.1, 0.15) is 0 Å². The molecule has 78 valence electrons. The van der Waals surface area contributed by atoms with E-state index < -0.39 is 0 Å². The molecule has 1 amide bonds. The van der Waals surface area contributed by atoms with E-state index in [9.17, 15) is 4.79 Å². The summed E-state index contributed by atoms with van der Waals surface area (Å²) in [6, 6.07) is 0. The van der Waals surface area contributed by atoms with Gasteiger partial charge in [-0.15, -0.1) is 0 Å². The van der Waals surface area contributed by atoms with Crippen LogP contribution < -0.4 is 5.32 Å². The smallest absolute Gasteiger partial charge is 0.222 e. The van der Waals surface area contributed by atoms with Gasteiger partial charge in [-0.1, -0.05) is 0 Å². The van der Waals surface area contributed by atoms with E-state index in [1.54, 1.807) is 14.0 Å². The van der Waals surface area contributed by atoms with Gasteiger partial charge in [0.25, 0.3) is 0 Å². The van der Waals surface area contributed by atoms with Gasteiger partial charge in [-0.3, -0.25) is 4.79 Å². The molecule has 0 aromatic rings. The number of rotatable bonds is 7. The van der Waals surface area contributed by atoms with Gasteiger partial charge in [0, 0.05) is 20.1 Å². The van der Waals surface area contributed by atoms with E-state index in [0.29, 0.717) is 19.6 Å². The zero-order valence-electron chi connectivity index (χ0n) is 8.38. The molecule has 13 heavy (non-hydrogen) atoms. The predicted molar refractivity (Wildman–Crippen MR) is 50.4 cm³/mol. The van der Waals surface area contributed by atoms with E-state index in [2.05, 4.69) is 5.32 Å². The van der Waals surface area contributed by atoms with Gasteiger partial charge < -0.3 is 15.2 Å². The minimum Gasteiger partial charge on any atom is -0.393 e. The summed E-state index contributed by atoms with van der Waals surface area (Å²) < 4.78 is 4.76. The summed E-state index contributed by atoms with van der Waals surface area (Å²) in [6.45, 7) is 2.84. The number of hydrogen-bond donors (Lipinski definition) is 2. The standard InChI is InChI=1S/C9H19NO3/c1-8(11)4-3-6-10-9(12)5-7-13-2/h8,11H,3-7H2,1-2H3,(H,10,12). The van der Waals surface area contributed by atoms with Gasteiger partial charge in [0.2, 0.25) is 5.91 Å². The molecule has 1 unspecified atom stereocenters. The van der Waals surface area contributed by atoms with Crippen LogP contribution in [-0.4, -0.2) is 37.4 Å². The van der Waals surface area contributed by atoms with Crippen molar-refractivity contribution in [3.8, 4) is 0 Å². The number of hydrogen-bond acceptors (Lipinski definition) is 3. The van der Waals surface area contributed by atoms with Gasteiger partial charge in [0.05, 0.1) is 12.7 Å². The van der Waals surface area contributed by atoms with Gasteiger partial charge in [-0.25, -0.2) is 0 Å². The lowest BCUT2D eigenvalue weighted by Crippen LogP contribution is -2.25. The first-order chi connectivity index (χ1) is 6.16. The molecule has 1 atom stereocenters. The first-order valence-electron chi connectivity index (χ1n) is 4.60. The molecule has 2 N–H and O–H groups in total. The summed E-state index contributed by atoms with van der Waals surface area (Å²) in [6.07, 6.45) is 1.67. The Labute approximate surface area is 79.3 Å². The largest absolute Gasteiger partial charge is 0.393 e. The molecule has 0 saturated carbocycles. The monoisotopic (exact) mass is 189 g/mol. The third kappa shape index (κ3) is 9.30. The van der Waals surface area contributed by atoms with Crippen LogP contribution in [0.25, 0.3) is 0 Å². The average molecular weight is 189 g/mol.